The number of carbonyl (C=O) groups is 3. The summed E-state index contributed by atoms with van der Waals surface area (Å²) in [5.74, 6) is 0.668. The van der Waals surface area contributed by atoms with Gasteiger partial charge in [-0.3, -0.25) is 14.9 Å². The summed E-state index contributed by atoms with van der Waals surface area (Å²) < 4.78 is 11.3. The number of nitrogens with one attached hydrogen (secondary N) is 3. The van der Waals surface area contributed by atoms with Gasteiger partial charge < -0.3 is 20.1 Å². The predicted octanol–water partition coefficient (Wildman–Crippen LogP) is 1.34. The number of rotatable bonds is 6. The minimum Gasteiger partial charge on any atom is -0.492 e. The third-order valence-corrected chi connectivity index (χ3v) is 4.09. The van der Waals surface area contributed by atoms with E-state index in [2.05, 4.69) is 16.0 Å². The van der Waals surface area contributed by atoms with Crippen LogP contribution >= 0.6 is 0 Å². The first-order valence-corrected chi connectivity index (χ1v) is 8.34. The number of urea groups is 1. The highest BCUT2D eigenvalue weighted by Crippen LogP contribution is 2.38. The van der Waals surface area contributed by atoms with Crippen molar-refractivity contribution in [3.05, 3.63) is 17.7 Å². The van der Waals surface area contributed by atoms with E-state index >= 15 is 0 Å². The van der Waals surface area contributed by atoms with Gasteiger partial charge in [0.1, 0.15) is 23.6 Å². The number of anilines is 1. The van der Waals surface area contributed by atoms with Crippen LogP contribution in [0.5, 0.6) is 11.5 Å². The van der Waals surface area contributed by atoms with E-state index in [4.69, 9.17) is 9.47 Å². The average Bonchev–Trinajstić information content (AvgIpc) is 3.06. The first kappa shape index (κ1) is 17.1. The van der Waals surface area contributed by atoms with Crippen LogP contribution in [-0.2, 0) is 16.0 Å². The van der Waals surface area contributed by atoms with Crippen molar-refractivity contribution in [1.82, 2.24) is 10.6 Å². The molecule has 8 heteroatoms. The highest BCUT2D eigenvalue weighted by molar-refractivity contribution is 6.04. The van der Waals surface area contributed by atoms with Crippen LogP contribution in [0.2, 0.25) is 0 Å². The minimum atomic E-state index is -0.672. The van der Waals surface area contributed by atoms with Crippen LogP contribution in [0.3, 0.4) is 0 Å². The van der Waals surface area contributed by atoms with Crippen molar-refractivity contribution in [2.75, 3.05) is 11.9 Å². The number of ether oxygens (including phenoxy) is 2. The average molecular weight is 347 g/mol. The molecule has 0 radical (unpaired) electrons. The number of fused-ring (bicyclic) bond motifs is 1. The van der Waals surface area contributed by atoms with Gasteiger partial charge in [-0.1, -0.05) is 0 Å². The Labute approximate surface area is 145 Å². The molecule has 3 rings (SSSR count). The largest absolute Gasteiger partial charge is 0.492 e. The molecule has 0 aromatic heterocycles. The molecule has 134 valence electrons. The fourth-order valence-corrected chi connectivity index (χ4v) is 2.96. The zero-order valence-corrected chi connectivity index (χ0v) is 14.2. The van der Waals surface area contributed by atoms with Gasteiger partial charge in [0, 0.05) is 24.5 Å². The maximum absolute atomic E-state index is 12.2. The Bertz CT molecular complexity index is 718. The summed E-state index contributed by atoms with van der Waals surface area (Å²) in [5, 5.41) is 7.41. The number of carbonyl (C=O) groups excluding carboxylic acids is 3. The van der Waals surface area contributed by atoms with Crippen LogP contribution in [0.4, 0.5) is 10.5 Å². The van der Waals surface area contributed by atoms with Gasteiger partial charge in [0.05, 0.1) is 12.3 Å². The topological polar surface area (TPSA) is 106 Å². The molecule has 8 nitrogen and oxygen atoms in total. The van der Waals surface area contributed by atoms with Crippen LogP contribution in [-0.4, -0.2) is 36.6 Å². The van der Waals surface area contributed by atoms with Crippen molar-refractivity contribution in [2.24, 2.45) is 0 Å². The Hall–Kier alpha value is -2.77. The van der Waals surface area contributed by atoms with Gasteiger partial charge in [0.25, 0.3) is 5.91 Å². The van der Waals surface area contributed by atoms with Gasteiger partial charge >= 0.3 is 6.03 Å². The second-order valence-electron chi connectivity index (χ2n) is 6.12. The lowest BCUT2D eigenvalue weighted by atomic mass is 10.1. The molecule has 1 fully saturated rings. The molecule has 0 bridgehead atoms. The predicted molar refractivity (Wildman–Crippen MR) is 89.7 cm³/mol. The Kier molecular flexibility index (Phi) is 4.78. The van der Waals surface area contributed by atoms with E-state index in [1.165, 1.54) is 0 Å². The van der Waals surface area contributed by atoms with Gasteiger partial charge in [0.2, 0.25) is 5.91 Å². The Morgan fingerprint density at radius 1 is 1.40 bits per heavy atom. The highest BCUT2D eigenvalue weighted by Gasteiger charge is 2.29. The number of hydrogen-bond donors (Lipinski definition) is 3. The summed E-state index contributed by atoms with van der Waals surface area (Å²) in [6.45, 7) is 4.34. The quantitative estimate of drug-likeness (QED) is 0.673. The van der Waals surface area contributed by atoms with E-state index in [1.54, 1.807) is 6.07 Å². The number of hydrogen-bond acceptors (Lipinski definition) is 5. The van der Waals surface area contributed by atoms with E-state index in [0.29, 0.717) is 18.0 Å². The van der Waals surface area contributed by atoms with Crippen molar-refractivity contribution in [3.8, 4) is 11.5 Å². The van der Waals surface area contributed by atoms with Crippen LogP contribution in [0.15, 0.2) is 12.1 Å². The van der Waals surface area contributed by atoms with E-state index in [1.807, 2.05) is 19.9 Å². The molecule has 2 aliphatic rings. The molecular formula is C17H21N3O5. The van der Waals surface area contributed by atoms with Gasteiger partial charge in [-0.2, -0.15) is 0 Å². The lowest BCUT2D eigenvalue weighted by Crippen LogP contribution is -2.30. The third kappa shape index (κ3) is 3.84. The molecule has 25 heavy (non-hydrogen) atoms. The Morgan fingerprint density at radius 3 is 2.88 bits per heavy atom. The summed E-state index contributed by atoms with van der Waals surface area (Å²) in [6, 6.07) is 2.46. The molecule has 1 saturated heterocycles. The third-order valence-electron chi connectivity index (χ3n) is 4.09. The van der Waals surface area contributed by atoms with Crippen LogP contribution in [0.25, 0.3) is 0 Å². The Morgan fingerprint density at radius 2 is 2.20 bits per heavy atom. The Balaban J connectivity index is 1.65. The summed E-state index contributed by atoms with van der Waals surface area (Å²) in [7, 11) is 0. The number of amides is 4. The fraction of sp³-hybridized carbons (Fsp3) is 0.471. The molecule has 2 atom stereocenters. The van der Waals surface area contributed by atoms with Crippen molar-refractivity contribution in [1.29, 1.82) is 0 Å². The van der Waals surface area contributed by atoms with E-state index < -0.39 is 18.0 Å². The maximum atomic E-state index is 12.2. The molecule has 0 aliphatic carbocycles. The lowest BCUT2D eigenvalue weighted by molar-refractivity contribution is -0.120. The summed E-state index contributed by atoms with van der Waals surface area (Å²) in [5.41, 5.74) is 1.60. The molecular weight excluding hydrogens is 326 g/mol. The van der Waals surface area contributed by atoms with Crippen LogP contribution in [0, 0.1) is 0 Å². The van der Waals surface area contributed by atoms with Crippen molar-refractivity contribution in [2.45, 2.75) is 45.3 Å². The van der Waals surface area contributed by atoms with E-state index in [0.717, 1.165) is 17.7 Å². The second kappa shape index (κ2) is 7.00. The number of benzene rings is 1. The molecule has 0 spiro atoms. The fourth-order valence-electron chi connectivity index (χ4n) is 2.96. The zero-order valence-electron chi connectivity index (χ0n) is 14.2. The van der Waals surface area contributed by atoms with Gasteiger partial charge in [-0.15, -0.1) is 0 Å². The molecule has 2 aliphatic heterocycles. The van der Waals surface area contributed by atoms with Gasteiger partial charge in [-0.05, 0) is 26.3 Å². The first-order valence-electron chi connectivity index (χ1n) is 8.34. The summed E-state index contributed by atoms with van der Waals surface area (Å²) >= 11 is 0. The second-order valence-corrected chi connectivity index (χ2v) is 6.12. The monoisotopic (exact) mass is 347 g/mol. The minimum absolute atomic E-state index is 0.0955. The van der Waals surface area contributed by atoms with E-state index in [9.17, 15) is 14.4 Å². The molecule has 0 saturated carbocycles. The lowest BCUT2D eigenvalue weighted by Gasteiger charge is -2.14. The molecule has 0 unspecified atom stereocenters. The maximum Gasteiger partial charge on any atom is 0.322 e. The summed E-state index contributed by atoms with van der Waals surface area (Å²) in [4.78, 5) is 34.8. The smallest absolute Gasteiger partial charge is 0.322 e. The number of imide groups is 1. The van der Waals surface area contributed by atoms with Gasteiger partial charge in [-0.25, -0.2) is 4.79 Å². The van der Waals surface area contributed by atoms with Crippen molar-refractivity contribution < 1.29 is 23.9 Å². The molecule has 4 amide bonds. The zero-order chi connectivity index (χ0) is 18.0. The van der Waals surface area contributed by atoms with Crippen LogP contribution < -0.4 is 25.4 Å². The van der Waals surface area contributed by atoms with Crippen molar-refractivity contribution in [3.63, 3.8) is 0 Å². The molecule has 1 aromatic rings. The van der Waals surface area contributed by atoms with Crippen molar-refractivity contribution >= 4 is 23.5 Å². The molecule has 1 aromatic carbocycles. The highest BCUT2D eigenvalue weighted by atomic mass is 16.5. The SMILES string of the molecule is CCOc1cc2c(cc1NC(=O)CC[C@H]1NC(=O)NC1=O)O[C@@H](C)C2. The standard InChI is InChI=1S/C17H21N3O5/c1-3-24-14-7-10-6-9(2)25-13(10)8-12(14)18-15(21)5-4-11-16(22)20-17(23)19-11/h7-9,11H,3-6H2,1-2H3,(H,18,21)(H2,19,20,22,23)/t9-,11+/m0/s1. The van der Waals surface area contributed by atoms with Gasteiger partial charge in [0.15, 0.2) is 0 Å². The normalized spacial score (nSPS) is 21.2. The van der Waals surface area contributed by atoms with Crippen LogP contribution in [0.1, 0.15) is 32.3 Å². The summed E-state index contributed by atoms with van der Waals surface area (Å²) in [6.07, 6.45) is 1.23. The van der Waals surface area contributed by atoms with E-state index in [-0.39, 0.29) is 24.9 Å². The molecule has 3 N–H and O–H groups in total. The first-order chi connectivity index (χ1) is 12.0. The molecule has 2 heterocycles.